The van der Waals surface area contributed by atoms with E-state index in [9.17, 15) is 10.2 Å². The zero-order chi connectivity index (χ0) is 16.5. The highest BCUT2D eigenvalue weighted by Crippen LogP contribution is 2.67. The summed E-state index contributed by atoms with van der Waals surface area (Å²) in [5.41, 5.74) is 0.865. The molecule has 2 fully saturated rings. The van der Waals surface area contributed by atoms with Crippen LogP contribution in [0.15, 0.2) is 23.8 Å². The number of rotatable bonds is 1. The van der Waals surface area contributed by atoms with Crippen molar-refractivity contribution in [3.63, 3.8) is 0 Å². The van der Waals surface area contributed by atoms with E-state index in [1.54, 1.807) is 5.57 Å². The fourth-order valence-corrected chi connectivity index (χ4v) is 7.05. The van der Waals surface area contributed by atoms with Gasteiger partial charge in [0, 0.05) is 5.41 Å². The lowest BCUT2D eigenvalue weighted by Gasteiger charge is -2.58. The van der Waals surface area contributed by atoms with Crippen molar-refractivity contribution < 1.29 is 10.2 Å². The molecule has 1 unspecified atom stereocenters. The summed E-state index contributed by atoms with van der Waals surface area (Å²) < 4.78 is 0. The summed E-state index contributed by atoms with van der Waals surface area (Å²) in [7, 11) is 0. The highest BCUT2D eigenvalue weighted by atomic mass is 16.3. The number of hydrogen-bond donors (Lipinski definition) is 2. The van der Waals surface area contributed by atoms with Gasteiger partial charge in [0.25, 0.3) is 0 Å². The van der Waals surface area contributed by atoms with Gasteiger partial charge < -0.3 is 10.2 Å². The zero-order valence-corrected chi connectivity index (χ0v) is 14.9. The van der Waals surface area contributed by atoms with Crippen molar-refractivity contribution in [3.05, 3.63) is 23.8 Å². The Morgan fingerprint density at radius 3 is 2.74 bits per heavy atom. The topological polar surface area (TPSA) is 40.5 Å². The van der Waals surface area contributed by atoms with Crippen LogP contribution in [-0.2, 0) is 0 Å². The Kier molecular flexibility index (Phi) is 3.42. The molecular formula is C21H32O2. The largest absolute Gasteiger partial charge is 0.390 e. The number of hydrogen-bond acceptors (Lipinski definition) is 2. The molecule has 0 amide bonds. The maximum atomic E-state index is 11.2. The molecule has 4 rings (SSSR count). The molecule has 4 aliphatic rings. The van der Waals surface area contributed by atoms with Crippen LogP contribution in [-0.4, -0.2) is 21.9 Å². The van der Waals surface area contributed by atoms with Gasteiger partial charge >= 0.3 is 0 Å². The van der Waals surface area contributed by atoms with Crippen LogP contribution in [0, 0.1) is 28.6 Å². The summed E-state index contributed by atoms with van der Waals surface area (Å²) in [5, 5.41) is 21.9. The molecular weight excluding hydrogens is 284 g/mol. The molecule has 2 heteroatoms. The molecule has 2 saturated carbocycles. The minimum absolute atomic E-state index is 0.117. The molecule has 23 heavy (non-hydrogen) atoms. The SMILES string of the molecule is CC[C@@]1(O)C(O)C[C@H]2[C@@H]3CC=C4C=CCC[C@]4(C)[C@H]3CC[C@@]21C. The van der Waals surface area contributed by atoms with E-state index in [1.165, 1.54) is 19.3 Å². The maximum absolute atomic E-state index is 11.2. The normalized spacial score (nSPS) is 54.9. The van der Waals surface area contributed by atoms with E-state index in [4.69, 9.17) is 0 Å². The average molecular weight is 316 g/mol. The first kappa shape index (κ1) is 15.9. The molecule has 2 N–H and O–H groups in total. The first-order valence-corrected chi connectivity index (χ1v) is 9.64. The molecule has 0 aromatic heterocycles. The molecule has 0 bridgehead atoms. The Morgan fingerprint density at radius 1 is 1.22 bits per heavy atom. The number of aliphatic hydroxyl groups excluding tert-OH is 1. The zero-order valence-electron chi connectivity index (χ0n) is 14.9. The minimum atomic E-state index is -0.889. The summed E-state index contributed by atoms with van der Waals surface area (Å²) in [6, 6.07) is 0. The predicted octanol–water partition coefficient (Wildman–Crippen LogP) is 4.23. The van der Waals surface area contributed by atoms with Gasteiger partial charge in [0.1, 0.15) is 0 Å². The molecule has 7 atom stereocenters. The fraction of sp³-hybridized carbons (Fsp3) is 0.810. The second kappa shape index (κ2) is 4.95. The number of aliphatic hydroxyl groups is 2. The molecule has 0 heterocycles. The highest BCUT2D eigenvalue weighted by Gasteiger charge is 2.66. The van der Waals surface area contributed by atoms with Gasteiger partial charge in [-0.3, -0.25) is 0 Å². The molecule has 0 aromatic rings. The van der Waals surface area contributed by atoms with Crippen LogP contribution < -0.4 is 0 Å². The van der Waals surface area contributed by atoms with E-state index in [0.29, 0.717) is 23.7 Å². The molecule has 0 aliphatic heterocycles. The van der Waals surface area contributed by atoms with E-state index in [1.807, 2.05) is 6.92 Å². The van der Waals surface area contributed by atoms with Crippen LogP contribution in [0.2, 0.25) is 0 Å². The lowest BCUT2D eigenvalue weighted by molar-refractivity contribution is -0.152. The van der Waals surface area contributed by atoms with Crippen LogP contribution >= 0.6 is 0 Å². The summed E-state index contributed by atoms with van der Waals surface area (Å²) >= 11 is 0. The van der Waals surface area contributed by atoms with Gasteiger partial charge in [0.15, 0.2) is 0 Å². The standard InChI is InChI=1S/C21H32O2/c1-4-21(23)18(22)13-17-15-9-8-14-7-5-6-11-19(14,2)16(15)10-12-20(17,21)3/h5,7-8,15-18,22-23H,4,6,9-13H2,1-3H3/t15-,16+,17+,18?,19+,20+,21-/m1/s1. The minimum Gasteiger partial charge on any atom is -0.390 e. The van der Waals surface area contributed by atoms with Crippen molar-refractivity contribution in [2.75, 3.05) is 0 Å². The monoisotopic (exact) mass is 316 g/mol. The molecule has 2 nitrogen and oxygen atoms in total. The molecule has 4 aliphatic carbocycles. The van der Waals surface area contributed by atoms with Crippen molar-refractivity contribution in [3.8, 4) is 0 Å². The van der Waals surface area contributed by atoms with Crippen molar-refractivity contribution in [1.82, 2.24) is 0 Å². The molecule has 128 valence electrons. The molecule has 0 aromatic carbocycles. The van der Waals surface area contributed by atoms with Crippen molar-refractivity contribution in [2.24, 2.45) is 28.6 Å². The quantitative estimate of drug-likeness (QED) is 0.760. The van der Waals surface area contributed by atoms with E-state index < -0.39 is 11.7 Å². The maximum Gasteiger partial charge on any atom is 0.0958 e. The Hall–Kier alpha value is -0.600. The van der Waals surface area contributed by atoms with Crippen molar-refractivity contribution in [2.45, 2.75) is 77.4 Å². The second-order valence-corrected chi connectivity index (χ2v) is 9.12. The summed E-state index contributed by atoms with van der Waals surface area (Å²) in [6.07, 6.45) is 13.9. The predicted molar refractivity (Wildman–Crippen MR) is 92.9 cm³/mol. The van der Waals surface area contributed by atoms with Gasteiger partial charge in [-0.1, -0.05) is 39.0 Å². The lowest BCUT2D eigenvalue weighted by Crippen LogP contribution is -2.55. The van der Waals surface area contributed by atoms with Crippen LogP contribution in [0.5, 0.6) is 0 Å². The summed E-state index contributed by atoms with van der Waals surface area (Å²) in [4.78, 5) is 0. The molecule has 0 spiro atoms. The third-order valence-corrected chi connectivity index (χ3v) is 8.60. The first-order valence-electron chi connectivity index (χ1n) is 9.64. The van der Waals surface area contributed by atoms with Crippen LogP contribution in [0.25, 0.3) is 0 Å². The third kappa shape index (κ3) is 1.83. The second-order valence-electron chi connectivity index (χ2n) is 9.12. The lowest BCUT2D eigenvalue weighted by atomic mass is 9.47. The van der Waals surface area contributed by atoms with E-state index in [2.05, 4.69) is 32.1 Å². The van der Waals surface area contributed by atoms with Gasteiger partial charge in [-0.15, -0.1) is 0 Å². The van der Waals surface area contributed by atoms with Crippen LogP contribution in [0.3, 0.4) is 0 Å². The first-order chi connectivity index (χ1) is 10.9. The van der Waals surface area contributed by atoms with Gasteiger partial charge in [-0.2, -0.15) is 0 Å². The smallest absolute Gasteiger partial charge is 0.0958 e. The fourth-order valence-electron chi connectivity index (χ4n) is 7.05. The van der Waals surface area contributed by atoms with Gasteiger partial charge in [-0.05, 0) is 73.7 Å². The van der Waals surface area contributed by atoms with Gasteiger partial charge in [-0.25, -0.2) is 0 Å². The Morgan fingerprint density at radius 2 is 2.00 bits per heavy atom. The van der Waals surface area contributed by atoms with E-state index >= 15 is 0 Å². The summed E-state index contributed by atoms with van der Waals surface area (Å²) in [5.74, 6) is 1.81. The van der Waals surface area contributed by atoms with E-state index in [0.717, 1.165) is 25.2 Å². The Balaban J connectivity index is 1.73. The summed E-state index contributed by atoms with van der Waals surface area (Å²) in [6.45, 7) is 6.77. The Labute approximate surface area is 140 Å². The van der Waals surface area contributed by atoms with Gasteiger partial charge in [0.05, 0.1) is 11.7 Å². The van der Waals surface area contributed by atoms with Crippen molar-refractivity contribution >= 4 is 0 Å². The highest BCUT2D eigenvalue weighted by molar-refractivity contribution is 5.34. The van der Waals surface area contributed by atoms with Gasteiger partial charge in [0.2, 0.25) is 0 Å². The van der Waals surface area contributed by atoms with E-state index in [-0.39, 0.29) is 5.41 Å². The average Bonchev–Trinajstić information content (AvgIpc) is 2.75. The van der Waals surface area contributed by atoms with Crippen LogP contribution in [0.1, 0.15) is 65.7 Å². The molecule has 0 saturated heterocycles. The van der Waals surface area contributed by atoms with Crippen molar-refractivity contribution in [1.29, 1.82) is 0 Å². The number of fused-ring (bicyclic) bond motifs is 5. The van der Waals surface area contributed by atoms with Crippen LogP contribution in [0.4, 0.5) is 0 Å². The molecule has 0 radical (unpaired) electrons. The Bertz CT molecular complexity index is 564. The number of allylic oxidation sites excluding steroid dienone is 4. The third-order valence-electron chi connectivity index (χ3n) is 8.60.